The van der Waals surface area contributed by atoms with Gasteiger partial charge in [-0.3, -0.25) is 0 Å². The van der Waals surface area contributed by atoms with Crippen LogP contribution in [0.15, 0.2) is 73.8 Å². The Morgan fingerprint density at radius 2 is 1.74 bits per heavy atom. The number of nitrogens with zero attached hydrogens (tertiary/aromatic N) is 1. The Balaban J connectivity index is 2.30. The van der Waals surface area contributed by atoms with Crippen LogP contribution in [-0.4, -0.2) is 4.57 Å². The molecule has 0 aliphatic heterocycles. The molecule has 0 amide bonds. The summed E-state index contributed by atoms with van der Waals surface area (Å²) in [4.78, 5) is 0. The molecule has 1 nitrogen and oxygen atoms in total. The molecule has 0 saturated heterocycles. The third-order valence-corrected chi connectivity index (χ3v) is 4.28. The average molecular weight is 299 g/mol. The van der Waals surface area contributed by atoms with E-state index in [4.69, 9.17) is 0 Å². The Bertz CT molecular complexity index is 908. The van der Waals surface area contributed by atoms with Gasteiger partial charge in [0.25, 0.3) is 0 Å². The van der Waals surface area contributed by atoms with Gasteiger partial charge in [-0.05, 0) is 43.2 Å². The number of hydrogen-bond donors (Lipinski definition) is 0. The van der Waals surface area contributed by atoms with Crippen molar-refractivity contribution in [1.82, 2.24) is 4.57 Å². The fraction of sp³-hybridized carbons (Fsp3) is 0.0909. The minimum atomic E-state index is 1.16. The maximum Gasteiger partial charge on any atom is 0.0534 e. The lowest BCUT2D eigenvalue weighted by Crippen LogP contribution is -1.96. The van der Waals surface area contributed by atoms with Crippen molar-refractivity contribution in [2.45, 2.75) is 13.8 Å². The van der Waals surface area contributed by atoms with Gasteiger partial charge in [0.2, 0.25) is 0 Å². The predicted molar refractivity (Wildman–Crippen MR) is 102 cm³/mol. The van der Waals surface area contributed by atoms with E-state index in [0.717, 1.165) is 5.70 Å². The van der Waals surface area contributed by atoms with Crippen LogP contribution in [0.3, 0.4) is 0 Å². The van der Waals surface area contributed by atoms with Crippen molar-refractivity contribution in [3.63, 3.8) is 0 Å². The summed E-state index contributed by atoms with van der Waals surface area (Å²) in [5.74, 6) is 0. The number of aromatic nitrogens is 1. The Morgan fingerprint density at radius 3 is 2.39 bits per heavy atom. The highest BCUT2D eigenvalue weighted by molar-refractivity contribution is 5.96. The summed E-state index contributed by atoms with van der Waals surface area (Å²) >= 11 is 0. The Hall–Kier alpha value is -2.80. The lowest BCUT2D eigenvalue weighted by atomic mass is 10.0. The van der Waals surface area contributed by atoms with Gasteiger partial charge in [0.1, 0.15) is 0 Å². The number of hydrogen-bond acceptors (Lipinski definition) is 0. The summed E-state index contributed by atoms with van der Waals surface area (Å²) in [5.41, 5.74) is 7.21. The van der Waals surface area contributed by atoms with Crippen molar-refractivity contribution in [2.24, 2.45) is 0 Å². The second kappa shape index (κ2) is 6.13. The molecule has 1 heterocycles. The van der Waals surface area contributed by atoms with E-state index in [0.29, 0.717) is 0 Å². The van der Waals surface area contributed by atoms with Crippen LogP contribution < -0.4 is 0 Å². The molecular weight excluding hydrogens is 278 g/mol. The van der Waals surface area contributed by atoms with Gasteiger partial charge in [-0.15, -0.1) is 0 Å². The number of benzene rings is 2. The fourth-order valence-electron chi connectivity index (χ4n) is 3.21. The molecule has 0 N–H and O–H groups in total. The second-order valence-electron chi connectivity index (χ2n) is 5.68. The van der Waals surface area contributed by atoms with Crippen LogP contribution in [0.4, 0.5) is 0 Å². The molecule has 3 aromatic rings. The van der Waals surface area contributed by atoms with E-state index in [1.165, 1.54) is 33.3 Å². The SMILES string of the molecule is C=CC=C(C)n1c(C)c(C=C)c2cc(-c3ccccc3)ccc21. The fourth-order valence-corrected chi connectivity index (χ4v) is 3.21. The van der Waals surface area contributed by atoms with Crippen LogP contribution in [0.1, 0.15) is 18.2 Å². The van der Waals surface area contributed by atoms with Gasteiger partial charge in [-0.2, -0.15) is 0 Å². The van der Waals surface area contributed by atoms with Crippen LogP contribution in [0.25, 0.3) is 33.8 Å². The first-order valence-electron chi connectivity index (χ1n) is 7.80. The number of allylic oxidation sites excluding steroid dienone is 3. The topological polar surface area (TPSA) is 4.93 Å². The zero-order valence-corrected chi connectivity index (χ0v) is 13.7. The van der Waals surface area contributed by atoms with Gasteiger partial charge in [-0.1, -0.05) is 61.7 Å². The summed E-state index contributed by atoms with van der Waals surface area (Å²) in [6.45, 7) is 12.1. The van der Waals surface area contributed by atoms with Crippen molar-refractivity contribution in [3.8, 4) is 11.1 Å². The Labute approximate surface area is 137 Å². The number of rotatable bonds is 4. The molecule has 0 saturated carbocycles. The monoisotopic (exact) mass is 299 g/mol. The van der Waals surface area contributed by atoms with Crippen LogP contribution >= 0.6 is 0 Å². The average Bonchev–Trinajstić information content (AvgIpc) is 2.86. The van der Waals surface area contributed by atoms with Crippen molar-refractivity contribution < 1.29 is 0 Å². The van der Waals surface area contributed by atoms with Gasteiger partial charge in [0.15, 0.2) is 0 Å². The normalized spacial score (nSPS) is 11.7. The van der Waals surface area contributed by atoms with Crippen molar-refractivity contribution in [3.05, 3.63) is 85.1 Å². The third kappa shape index (κ3) is 2.55. The highest BCUT2D eigenvalue weighted by atomic mass is 15.0. The first-order valence-corrected chi connectivity index (χ1v) is 7.80. The van der Waals surface area contributed by atoms with Crippen molar-refractivity contribution >= 4 is 22.7 Å². The molecule has 0 aliphatic carbocycles. The zero-order chi connectivity index (χ0) is 16.4. The van der Waals surface area contributed by atoms with E-state index in [1.54, 1.807) is 0 Å². The van der Waals surface area contributed by atoms with Gasteiger partial charge in [-0.25, -0.2) is 0 Å². The van der Waals surface area contributed by atoms with E-state index in [9.17, 15) is 0 Å². The maximum atomic E-state index is 4.01. The minimum absolute atomic E-state index is 1.16. The predicted octanol–water partition coefficient (Wildman–Crippen LogP) is 6.31. The molecule has 0 radical (unpaired) electrons. The molecule has 23 heavy (non-hydrogen) atoms. The van der Waals surface area contributed by atoms with Crippen LogP contribution in [-0.2, 0) is 0 Å². The highest BCUT2D eigenvalue weighted by Gasteiger charge is 2.13. The summed E-state index contributed by atoms with van der Waals surface area (Å²) in [6, 6.07) is 17.1. The summed E-state index contributed by atoms with van der Waals surface area (Å²) in [6.07, 6.45) is 5.81. The van der Waals surface area contributed by atoms with Gasteiger partial charge in [0.05, 0.1) is 5.52 Å². The second-order valence-corrected chi connectivity index (χ2v) is 5.68. The van der Waals surface area contributed by atoms with E-state index < -0.39 is 0 Å². The molecule has 0 bridgehead atoms. The molecule has 0 unspecified atom stereocenters. The molecule has 0 spiro atoms. The molecule has 0 atom stereocenters. The smallest absolute Gasteiger partial charge is 0.0534 e. The Kier molecular flexibility index (Phi) is 4.03. The zero-order valence-electron chi connectivity index (χ0n) is 13.7. The standard InChI is InChI=1S/C22H21N/c1-5-10-16(3)23-17(4)20(6-2)21-15-19(13-14-22(21)23)18-11-8-7-9-12-18/h5-15H,1-2H2,3-4H3. The van der Waals surface area contributed by atoms with Crippen LogP contribution in [0.2, 0.25) is 0 Å². The highest BCUT2D eigenvalue weighted by Crippen LogP contribution is 2.33. The summed E-state index contributed by atoms with van der Waals surface area (Å²) < 4.78 is 2.27. The molecule has 0 aliphatic rings. The van der Waals surface area contributed by atoms with E-state index in [-0.39, 0.29) is 0 Å². The molecule has 1 aromatic heterocycles. The third-order valence-electron chi connectivity index (χ3n) is 4.28. The van der Waals surface area contributed by atoms with Gasteiger partial charge < -0.3 is 4.57 Å². The maximum absolute atomic E-state index is 4.01. The number of fused-ring (bicyclic) bond motifs is 1. The van der Waals surface area contributed by atoms with E-state index >= 15 is 0 Å². The molecule has 1 heteroatoms. The molecule has 114 valence electrons. The van der Waals surface area contributed by atoms with Crippen LogP contribution in [0.5, 0.6) is 0 Å². The largest absolute Gasteiger partial charge is 0.317 e. The van der Waals surface area contributed by atoms with Gasteiger partial charge in [0, 0.05) is 22.3 Å². The molecule has 3 rings (SSSR count). The molecular formula is C22H21N. The minimum Gasteiger partial charge on any atom is -0.317 e. The van der Waals surface area contributed by atoms with Crippen molar-refractivity contribution in [2.75, 3.05) is 0 Å². The lowest BCUT2D eigenvalue weighted by Gasteiger charge is -2.09. The first kappa shape index (κ1) is 15.1. The van der Waals surface area contributed by atoms with Crippen LogP contribution in [0, 0.1) is 6.92 Å². The molecule has 2 aromatic carbocycles. The van der Waals surface area contributed by atoms with E-state index in [2.05, 4.69) is 74.0 Å². The summed E-state index contributed by atoms with van der Waals surface area (Å²) in [7, 11) is 0. The van der Waals surface area contributed by atoms with Crippen molar-refractivity contribution in [1.29, 1.82) is 0 Å². The van der Waals surface area contributed by atoms with Gasteiger partial charge >= 0.3 is 0 Å². The lowest BCUT2D eigenvalue weighted by molar-refractivity contribution is 1.07. The Morgan fingerprint density at radius 1 is 1.00 bits per heavy atom. The molecule has 0 fully saturated rings. The van der Waals surface area contributed by atoms with E-state index in [1.807, 2.05) is 24.3 Å². The first-order chi connectivity index (χ1) is 11.2. The summed E-state index contributed by atoms with van der Waals surface area (Å²) in [5, 5.41) is 1.23. The quantitative estimate of drug-likeness (QED) is 0.498.